The van der Waals surface area contributed by atoms with E-state index in [0.717, 1.165) is 23.4 Å². The summed E-state index contributed by atoms with van der Waals surface area (Å²) in [7, 11) is 3.19. The second-order valence-corrected chi connectivity index (χ2v) is 8.20. The summed E-state index contributed by atoms with van der Waals surface area (Å²) in [6, 6.07) is 1.53. The van der Waals surface area contributed by atoms with Gasteiger partial charge in [-0.15, -0.1) is 0 Å². The molecule has 1 atom stereocenters. The predicted octanol–water partition coefficient (Wildman–Crippen LogP) is 1.94. The van der Waals surface area contributed by atoms with Crippen LogP contribution in [0.4, 0.5) is 5.82 Å². The van der Waals surface area contributed by atoms with Crippen molar-refractivity contribution in [2.45, 2.75) is 32.9 Å². The van der Waals surface area contributed by atoms with Crippen LogP contribution in [0.25, 0.3) is 11.0 Å². The van der Waals surface area contributed by atoms with E-state index in [1.807, 2.05) is 13.8 Å². The molecule has 0 spiro atoms. The monoisotopic (exact) mass is 488 g/mol. The number of anilines is 1. The summed E-state index contributed by atoms with van der Waals surface area (Å²) in [6.07, 6.45) is 4.95. The molecule has 0 aliphatic carbocycles. The van der Waals surface area contributed by atoms with Gasteiger partial charge in [0.15, 0.2) is 5.69 Å². The van der Waals surface area contributed by atoms with Gasteiger partial charge in [0.25, 0.3) is 5.91 Å². The predicted molar refractivity (Wildman–Crippen MR) is 135 cm³/mol. The molecule has 1 aliphatic rings. The number of nitrogens with two attached hydrogens (primary N) is 1. The average Bonchev–Trinajstić information content (AvgIpc) is 3.54. The Bertz CT molecular complexity index is 1450. The van der Waals surface area contributed by atoms with Gasteiger partial charge in [-0.3, -0.25) is 9.59 Å². The molecule has 36 heavy (non-hydrogen) atoms. The van der Waals surface area contributed by atoms with Crippen LogP contribution >= 0.6 is 0 Å². The Morgan fingerprint density at radius 2 is 2.17 bits per heavy atom. The van der Waals surface area contributed by atoms with Gasteiger partial charge in [-0.05, 0) is 31.8 Å². The number of ether oxygens (including phenoxy) is 1. The van der Waals surface area contributed by atoms with Gasteiger partial charge in [0.05, 0.1) is 36.1 Å². The molecule has 2 amide bonds. The Labute approximate surface area is 208 Å². The zero-order valence-electron chi connectivity index (χ0n) is 20.7. The number of pyridine rings is 1. The van der Waals surface area contributed by atoms with Crippen molar-refractivity contribution < 1.29 is 14.3 Å². The number of likely N-dealkylation sites (tertiary alicyclic amines) is 1. The number of carbonyl (C=O) groups excluding carboxylic acids is 2. The van der Waals surface area contributed by atoms with E-state index in [9.17, 15) is 9.59 Å². The smallest absolute Gasteiger partial charge is 0.255 e. The number of hydrogen-bond acceptors (Lipinski definition) is 7. The number of aromatic nitrogens is 5. The van der Waals surface area contributed by atoms with Gasteiger partial charge >= 0.3 is 0 Å². The van der Waals surface area contributed by atoms with E-state index in [4.69, 9.17) is 10.5 Å². The van der Waals surface area contributed by atoms with E-state index in [1.54, 1.807) is 28.9 Å². The molecule has 4 heterocycles. The second kappa shape index (κ2) is 9.95. The first-order valence-electron chi connectivity index (χ1n) is 11.4. The molecule has 3 aromatic heterocycles. The van der Waals surface area contributed by atoms with Crippen LogP contribution in [0.1, 0.15) is 47.0 Å². The number of fused-ring (bicyclic) bond motifs is 1. The standard InChI is InChI=1S/C25H28N8O3/c1-6-22(34)32-13-17(11-18(32)14-36-5)33-25(27-4)23(24(26)35)19(30-33)9-8-16-10-20-21(12-28-16)31(7-2)15(3)29-20/h6,10,12,14,17,27H,1,7,11,13H2,2-5H3,(H2,26,35)/b18-14+/t17-/m0/s1. The minimum atomic E-state index is -0.666. The first-order valence-corrected chi connectivity index (χ1v) is 11.4. The summed E-state index contributed by atoms with van der Waals surface area (Å²) < 4.78 is 8.86. The molecule has 1 fully saturated rings. The van der Waals surface area contributed by atoms with Gasteiger partial charge in [0.2, 0.25) is 5.91 Å². The summed E-state index contributed by atoms with van der Waals surface area (Å²) in [5.41, 5.74) is 9.00. The van der Waals surface area contributed by atoms with Gasteiger partial charge in [0, 0.05) is 32.6 Å². The summed E-state index contributed by atoms with van der Waals surface area (Å²) in [4.78, 5) is 35.3. The fraction of sp³-hybridized carbons (Fsp3) is 0.320. The van der Waals surface area contributed by atoms with E-state index in [-0.39, 0.29) is 23.2 Å². The van der Waals surface area contributed by atoms with Crippen LogP contribution in [-0.2, 0) is 16.1 Å². The van der Waals surface area contributed by atoms with Crippen LogP contribution in [0.5, 0.6) is 0 Å². The fourth-order valence-corrected chi connectivity index (χ4v) is 4.49. The third-order valence-electron chi connectivity index (χ3n) is 6.07. The van der Waals surface area contributed by atoms with Gasteiger partial charge < -0.3 is 25.3 Å². The molecular weight excluding hydrogens is 460 g/mol. The molecule has 186 valence electrons. The van der Waals surface area contributed by atoms with Crippen LogP contribution in [0.3, 0.4) is 0 Å². The third kappa shape index (κ3) is 4.29. The van der Waals surface area contributed by atoms with Crippen LogP contribution in [0.2, 0.25) is 0 Å². The van der Waals surface area contributed by atoms with Crippen molar-refractivity contribution >= 4 is 28.7 Å². The quantitative estimate of drug-likeness (QED) is 0.308. The summed E-state index contributed by atoms with van der Waals surface area (Å²) in [5, 5.41) is 7.62. The molecule has 11 heteroatoms. The molecule has 3 aromatic rings. The first kappa shape index (κ1) is 24.5. The molecule has 11 nitrogen and oxygen atoms in total. The number of aryl methyl sites for hydroxylation is 2. The number of primary amides is 1. The fourth-order valence-electron chi connectivity index (χ4n) is 4.49. The SMILES string of the molecule is C=CC(=O)N1C[C@@H](n2nc(C#Cc3cc4nc(C)n(CC)c4cn3)c(C(N)=O)c2NC)C/C1=C\OC. The van der Waals surface area contributed by atoms with E-state index in [1.165, 1.54) is 19.4 Å². The maximum atomic E-state index is 12.4. The molecule has 0 aromatic carbocycles. The molecular formula is C25H28N8O3. The van der Waals surface area contributed by atoms with Crippen LogP contribution < -0.4 is 11.1 Å². The molecule has 4 rings (SSSR count). The summed E-state index contributed by atoms with van der Waals surface area (Å²) >= 11 is 0. The molecule has 1 aliphatic heterocycles. The van der Waals surface area contributed by atoms with Crippen LogP contribution in [0, 0.1) is 18.8 Å². The number of carbonyl (C=O) groups is 2. The van der Waals surface area contributed by atoms with Crippen molar-refractivity contribution in [3.8, 4) is 11.8 Å². The van der Waals surface area contributed by atoms with Gasteiger partial charge in [0.1, 0.15) is 29.2 Å². The highest BCUT2D eigenvalue weighted by atomic mass is 16.5. The lowest BCUT2D eigenvalue weighted by molar-refractivity contribution is -0.123. The summed E-state index contributed by atoms with van der Waals surface area (Å²) in [5.74, 6) is 6.34. The Hall–Kier alpha value is -4.59. The number of amides is 2. The van der Waals surface area contributed by atoms with Crippen molar-refractivity contribution in [1.82, 2.24) is 29.2 Å². The van der Waals surface area contributed by atoms with E-state index in [2.05, 4.69) is 43.4 Å². The minimum Gasteiger partial charge on any atom is -0.503 e. The van der Waals surface area contributed by atoms with Crippen molar-refractivity contribution in [3.63, 3.8) is 0 Å². The van der Waals surface area contributed by atoms with E-state index >= 15 is 0 Å². The van der Waals surface area contributed by atoms with Gasteiger partial charge in [-0.2, -0.15) is 5.10 Å². The van der Waals surface area contributed by atoms with Crippen LogP contribution in [0.15, 0.2) is 36.9 Å². The molecule has 3 N–H and O–H groups in total. The first-order chi connectivity index (χ1) is 17.3. The Balaban J connectivity index is 1.74. The number of methoxy groups -OCH3 is 1. The maximum absolute atomic E-state index is 12.4. The lowest BCUT2D eigenvalue weighted by Gasteiger charge is -2.16. The van der Waals surface area contributed by atoms with Crippen molar-refractivity contribution in [1.29, 1.82) is 0 Å². The topological polar surface area (TPSA) is 133 Å². The average molecular weight is 489 g/mol. The Kier molecular flexibility index (Phi) is 6.78. The zero-order chi connectivity index (χ0) is 26.0. The van der Waals surface area contributed by atoms with Crippen LogP contribution in [-0.4, -0.2) is 61.7 Å². The maximum Gasteiger partial charge on any atom is 0.255 e. The lowest BCUT2D eigenvalue weighted by atomic mass is 10.2. The second-order valence-electron chi connectivity index (χ2n) is 8.20. The largest absolute Gasteiger partial charge is 0.503 e. The van der Waals surface area contributed by atoms with E-state index < -0.39 is 5.91 Å². The Morgan fingerprint density at radius 3 is 2.81 bits per heavy atom. The molecule has 0 radical (unpaired) electrons. The third-order valence-corrected chi connectivity index (χ3v) is 6.07. The number of nitrogens with one attached hydrogen (secondary N) is 1. The highest BCUT2D eigenvalue weighted by molar-refractivity contribution is 6.00. The number of rotatable bonds is 6. The molecule has 0 bridgehead atoms. The molecule has 1 saturated heterocycles. The van der Waals surface area contributed by atoms with Crippen molar-refractivity contribution in [2.75, 3.05) is 26.0 Å². The highest BCUT2D eigenvalue weighted by Crippen LogP contribution is 2.34. The normalized spacial score (nSPS) is 16.2. The van der Waals surface area contributed by atoms with Crippen molar-refractivity contribution in [2.24, 2.45) is 5.73 Å². The Morgan fingerprint density at radius 1 is 1.39 bits per heavy atom. The highest BCUT2D eigenvalue weighted by Gasteiger charge is 2.35. The van der Waals surface area contributed by atoms with E-state index in [0.29, 0.717) is 30.2 Å². The number of imidazole rings is 1. The molecule has 0 saturated carbocycles. The zero-order valence-corrected chi connectivity index (χ0v) is 20.7. The molecule has 0 unspecified atom stereocenters. The number of nitrogens with zero attached hydrogens (tertiary/aromatic N) is 6. The lowest BCUT2D eigenvalue weighted by Crippen LogP contribution is -2.27. The number of hydrogen-bond donors (Lipinski definition) is 2. The van der Waals surface area contributed by atoms with Gasteiger partial charge in [-0.25, -0.2) is 14.6 Å². The van der Waals surface area contributed by atoms with Crippen molar-refractivity contribution in [3.05, 3.63) is 59.7 Å². The minimum absolute atomic E-state index is 0.169. The summed E-state index contributed by atoms with van der Waals surface area (Å²) in [6.45, 7) is 8.67. The van der Waals surface area contributed by atoms with Gasteiger partial charge in [-0.1, -0.05) is 6.58 Å². The number of allylic oxidation sites excluding steroid dienone is 1.